The van der Waals surface area contributed by atoms with Crippen LogP contribution in [0.5, 0.6) is 0 Å². The van der Waals surface area contributed by atoms with E-state index in [4.69, 9.17) is 0 Å². The molecule has 1 aromatic heterocycles. The Hall–Kier alpha value is -4.28. The fraction of sp³-hybridized carbons (Fsp3) is 0.111. The maximum Gasteiger partial charge on any atom is 0.355 e. The van der Waals surface area contributed by atoms with Crippen LogP contribution in [-0.4, -0.2) is 19.8 Å². The SMILES string of the molecule is Cc1ccc(Nc2ncnc(NNc3ccc([N+](=O)[O-])cc3)c2[N+](=O)[O-])c(C)c1. The Labute approximate surface area is 165 Å². The Kier molecular flexibility index (Phi) is 5.49. The number of nitrogens with one attached hydrogen (secondary N) is 3. The average molecular weight is 395 g/mol. The Balaban J connectivity index is 1.84. The summed E-state index contributed by atoms with van der Waals surface area (Å²) in [4.78, 5) is 29.2. The van der Waals surface area contributed by atoms with Crippen molar-refractivity contribution >= 4 is 34.4 Å². The standard InChI is InChI=1S/C18H17N7O4/c1-11-3-8-15(12(2)9-11)21-17-16(25(28)29)18(20-10-19-17)23-22-13-4-6-14(7-5-13)24(26)27/h3-10,22H,1-2H3,(H2,19,20,21,23). The van der Waals surface area contributed by atoms with E-state index in [1.165, 1.54) is 30.6 Å². The first-order valence-electron chi connectivity index (χ1n) is 8.45. The highest BCUT2D eigenvalue weighted by Gasteiger charge is 2.23. The average Bonchev–Trinajstić information content (AvgIpc) is 2.68. The lowest BCUT2D eigenvalue weighted by molar-refractivity contribution is -0.384. The van der Waals surface area contributed by atoms with E-state index in [-0.39, 0.29) is 23.0 Å². The second kappa shape index (κ2) is 8.17. The summed E-state index contributed by atoms with van der Waals surface area (Å²) in [6, 6.07) is 11.2. The molecule has 0 radical (unpaired) electrons. The predicted octanol–water partition coefficient (Wildman–Crippen LogP) is 4.09. The van der Waals surface area contributed by atoms with E-state index in [0.717, 1.165) is 11.1 Å². The van der Waals surface area contributed by atoms with Crippen LogP contribution in [0.4, 0.5) is 34.4 Å². The van der Waals surface area contributed by atoms with E-state index in [2.05, 4.69) is 26.1 Å². The van der Waals surface area contributed by atoms with Gasteiger partial charge >= 0.3 is 5.69 Å². The molecule has 1 heterocycles. The van der Waals surface area contributed by atoms with Gasteiger partial charge in [-0.05, 0) is 37.6 Å². The van der Waals surface area contributed by atoms with Crippen LogP contribution >= 0.6 is 0 Å². The topological polar surface area (TPSA) is 148 Å². The van der Waals surface area contributed by atoms with Gasteiger partial charge < -0.3 is 5.32 Å². The Bertz CT molecular complexity index is 1070. The van der Waals surface area contributed by atoms with Crippen molar-refractivity contribution in [2.45, 2.75) is 13.8 Å². The largest absolute Gasteiger partial charge is 0.355 e. The molecular weight excluding hydrogens is 378 g/mol. The number of nitro groups is 2. The predicted molar refractivity (Wildman–Crippen MR) is 108 cm³/mol. The number of rotatable bonds is 7. The summed E-state index contributed by atoms with van der Waals surface area (Å²) in [7, 11) is 0. The van der Waals surface area contributed by atoms with Crippen molar-refractivity contribution in [3.05, 3.63) is 80.1 Å². The van der Waals surface area contributed by atoms with E-state index >= 15 is 0 Å². The van der Waals surface area contributed by atoms with Gasteiger partial charge in [-0.3, -0.25) is 31.1 Å². The number of aryl methyl sites for hydroxylation is 2. The summed E-state index contributed by atoms with van der Waals surface area (Å²) in [6.07, 6.45) is 1.19. The molecule has 0 bridgehead atoms. The highest BCUT2D eigenvalue weighted by Crippen LogP contribution is 2.32. The van der Waals surface area contributed by atoms with Crippen molar-refractivity contribution in [3.8, 4) is 0 Å². The molecule has 0 amide bonds. The smallest absolute Gasteiger partial charge is 0.334 e. The Morgan fingerprint density at radius 3 is 2.17 bits per heavy atom. The lowest BCUT2D eigenvalue weighted by atomic mass is 10.1. The van der Waals surface area contributed by atoms with Crippen LogP contribution in [0.15, 0.2) is 48.8 Å². The van der Waals surface area contributed by atoms with Crippen molar-refractivity contribution in [1.29, 1.82) is 0 Å². The molecule has 0 atom stereocenters. The third-order valence-electron chi connectivity index (χ3n) is 4.04. The third-order valence-corrected chi connectivity index (χ3v) is 4.04. The maximum absolute atomic E-state index is 11.6. The molecule has 29 heavy (non-hydrogen) atoms. The summed E-state index contributed by atoms with van der Waals surface area (Å²) in [5.41, 5.74) is 8.12. The second-order valence-electron chi connectivity index (χ2n) is 6.17. The van der Waals surface area contributed by atoms with Crippen LogP contribution < -0.4 is 16.2 Å². The first-order valence-corrected chi connectivity index (χ1v) is 8.45. The fourth-order valence-corrected chi connectivity index (χ4v) is 2.61. The van der Waals surface area contributed by atoms with Crippen LogP contribution in [-0.2, 0) is 0 Å². The molecule has 0 aliphatic rings. The lowest BCUT2D eigenvalue weighted by Gasteiger charge is -2.13. The summed E-state index contributed by atoms with van der Waals surface area (Å²) in [5, 5.41) is 25.3. The van der Waals surface area contributed by atoms with Crippen molar-refractivity contribution in [3.63, 3.8) is 0 Å². The number of hydrogen-bond donors (Lipinski definition) is 3. The normalized spacial score (nSPS) is 10.3. The number of benzene rings is 2. The maximum atomic E-state index is 11.6. The number of non-ortho nitro benzene ring substituents is 1. The van der Waals surface area contributed by atoms with Crippen molar-refractivity contribution in [2.24, 2.45) is 0 Å². The molecule has 0 fully saturated rings. The number of anilines is 4. The number of hydrazine groups is 1. The lowest BCUT2D eigenvalue weighted by Crippen LogP contribution is -2.13. The highest BCUT2D eigenvalue weighted by molar-refractivity contribution is 5.75. The summed E-state index contributed by atoms with van der Waals surface area (Å²) in [5.74, 6) is -0.0272. The van der Waals surface area contributed by atoms with Gasteiger partial charge in [0.05, 0.1) is 15.5 Å². The minimum atomic E-state index is -0.592. The van der Waals surface area contributed by atoms with Crippen molar-refractivity contribution in [2.75, 3.05) is 16.2 Å². The van der Waals surface area contributed by atoms with E-state index in [1.54, 1.807) is 0 Å². The first-order chi connectivity index (χ1) is 13.8. The molecule has 0 aliphatic heterocycles. The fourth-order valence-electron chi connectivity index (χ4n) is 2.61. The van der Waals surface area contributed by atoms with Crippen LogP contribution in [0, 0.1) is 34.1 Å². The molecule has 0 saturated heterocycles. The molecule has 0 saturated carbocycles. The molecule has 0 unspecified atom stereocenters. The number of hydrogen-bond acceptors (Lipinski definition) is 9. The summed E-state index contributed by atoms with van der Waals surface area (Å²) in [6.45, 7) is 3.84. The zero-order valence-electron chi connectivity index (χ0n) is 15.5. The van der Waals surface area contributed by atoms with Gasteiger partial charge in [-0.25, -0.2) is 9.97 Å². The Morgan fingerprint density at radius 2 is 1.55 bits per heavy atom. The molecule has 3 N–H and O–H groups in total. The van der Waals surface area contributed by atoms with Gasteiger partial charge in [0, 0.05) is 17.8 Å². The van der Waals surface area contributed by atoms with Gasteiger partial charge in [0.25, 0.3) is 5.69 Å². The molecule has 11 nitrogen and oxygen atoms in total. The molecular formula is C18H17N7O4. The minimum Gasteiger partial charge on any atom is -0.334 e. The molecule has 3 rings (SSSR count). The zero-order valence-corrected chi connectivity index (χ0v) is 15.5. The molecule has 2 aromatic carbocycles. The summed E-state index contributed by atoms with van der Waals surface area (Å²) < 4.78 is 0. The van der Waals surface area contributed by atoms with Gasteiger partial charge in [-0.15, -0.1) is 0 Å². The molecule has 148 valence electrons. The van der Waals surface area contributed by atoms with Crippen molar-refractivity contribution < 1.29 is 9.85 Å². The quantitative estimate of drug-likeness (QED) is 0.397. The minimum absolute atomic E-state index is 0.0324. The highest BCUT2D eigenvalue weighted by atomic mass is 16.6. The number of nitrogens with zero attached hydrogens (tertiary/aromatic N) is 4. The van der Waals surface area contributed by atoms with E-state index in [0.29, 0.717) is 11.4 Å². The molecule has 3 aromatic rings. The van der Waals surface area contributed by atoms with Crippen LogP contribution in [0.25, 0.3) is 0 Å². The Morgan fingerprint density at radius 1 is 0.862 bits per heavy atom. The second-order valence-corrected chi connectivity index (χ2v) is 6.17. The van der Waals surface area contributed by atoms with E-state index in [1.807, 2.05) is 32.0 Å². The number of aromatic nitrogens is 2. The van der Waals surface area contributed by atoms with Crippen molar-refractivity contribution in [1.82, 2.24) is 9.97 Å². The molecule has 11 heteroatoms. The van der Waals surface area contributed by atoms with Gasteiger partial charge in [-0.2, -0.15) is 0 Å². The van der Waals surface area contributed by atoms with Crippen LogP contribution in [0.3, 0.4) is 0 Å². The van der Waals surface area contributed by atoms with Crippen LogP contribution in [0.2, 0.25) is 0 Å². The zero-order chi connectivity index (χ0) is 21.0. The molecule has 0 spiro atoms. The van der Waals surface area contributed by atoms with E-state index in [9.17, 15) is 20.2 Å². The van der Waals surface area contributed by atoms with Gasteiger partial charge in [0.15, 0.2) is 0 Å². The monoisotopic (exact) mass is 395 g/mol. The first kappa shape index (κ1) is 19.5. The van der Waals surface area contributed by atoms with Crippen LogP contribution in [0.1, 0.15) is 11.1 Å². The van der Waals surface area contributed by atoms with E-state index < -0.39 is 9.85 Å². The third kappa shape index (κ3) is 4.53. The summed E-state index contributed by atoms with van der Waals surface area (Å²) >= 11 is 0. The number of nitro benzene ring substituents is 1. The van der Waals surface area contributed by atoms with Gasteiger partial charge in [0.1, 0.15) is 6.33 Å². The van der Waals surface area contributed by atoms with Gasteiger partial charge in [0.2, 0.25) is 11.6 Å². The molecule has 0 aliphatic carbocycles. The van der Waals surface area contributed by atoms with Gasteiger partial charge in [-0.1, -0.05) is 17.7 Å².